The van der Waals surface area contributed by atoms with Crippen molar-refractivity contribution in [2.75, 3.05) is 13.2 Å². The first-order chi connectivity index (χ1) is 9.77. The zero-order valence-corrected chi connectivity index (χ0v) is 12.3. The summed E-state index contributed by atoms with van der Waals surface area (Å²) in [6.07, 6.45) is 11.9. The Morgan fingerprint density at radius 2 is 2.00 bits per heavy atom. The maximum absolute atomic E-state index is 9.79. The monoisotopic (exact) mass is 277 g/mol. The molecular weight excluding hydrogens is 250 g/mol. The Bertz CT molecular complexity index is 429. The predicted octanol–water partition coefficient (Wildman–Crippen LogP) is 2.28. The highest BCUT2D eigenvalue weighted by atomic mass is 16.3. The van der Waals surface area contributed by atoms with Crippen LogP contribution in [0.2, 0.25) is 0 Å². The lowest BCUT2D eigenvalue weighted by atomic mass is 9.79. The second kappa shape index (κ2) is 5.86. The van der Waals surface area contributed by atoms with Gasteiger partial charge in [-0.3, -0.25) is 4.68 Å². The van der Waals surface area contributed by atoms with Crippen LogP contribution in [0, 0.1) is 11.3 Å². The minimum absolute atomic E-state index is 0.133. The van der Waals surface area contributed by atoms with Crippen LogP contribution in [0.5, 0.6) is 0 Å². The molecule has 1 unspecified atom stereocenters. The van der Waals surface area contributed by atoms with Gasteiger partial charge in [0.25, 0.3) is 0 Å². The van der Waals surface area contributed by atoms with Gasteiger partial charge in [0.05, 0.1) is 18.3 Å². The van der Waals surface area contributed by atoms with E-state index in [0.29, 0.717) is 18.5 Å². The molecule has 3 rings (SSSR count). The first kappa shape index (κ1) is 14.1. The number of aromatic nitrogens is 2. The Kier molecular flexibility index (Phi) is 4.13. The molecule has 0 aliphatic heterocycles. The molecule has 20 heavy (non-hydrogen) atoms. The van der Waals surface area contributed by atoms with Crippen LogP contribution in [0.4, 0.5) is 0 Å². The second-order valence-electron chi connectivity index (χ2n) is 6.75. The van der Waals surface area contributed by atoms with Gasteiger partial charge in [-0.05, 0) is 37.7 Å². The van der Waals surface area contributed by atoms with Crippen molar-refractivity contribution < 1.29 is 5.11 Å². The third-order valence-electron chi connectivity index (χ3n) is 5.31. The average Bonchev–Trinajstić information content (AvgIpc) is 3.26. The normalized spacial score (nSPS) is 23.7. The minimum atomic E-state index is -0.133. The number of aliphatic hydroxyl groups excluding tert-OH is 1. The van der Waals surface area contributed by atoms with Gasteiger partial charge in [-0.1, -0.05) is 19.3 Å². The molecule has 1 aromatic heterocycles. The van der Waals surface area contributed by atoms with Gasteiger partial charge in [-0.2, -0.15) is 5.10 Å². The smallest absolute Gasteiger partial charge is 0.0631 e. The van der Waals surface area contributed by atoms with E-state index in [4.69, 9.17) is 10.8 Å². The molecule has 2 aliphatic rings. The molecule has 1 atom stereocenters. The Balaban J connectivity index is 1.69. The number of hydrogen-bond acceptors (Lipinski definition) is 3. The molecule has 4 heteroatoms. The molecule has 1 heterocycles. The van der Waals surface area contributed by atoms with E-state index in [0.717, 1.165) is 12.1 Å². The molecule has 0 saturated heterocycles. The third kappa shape index (κ3) is 2.77. The van der Waals surface area contributed by atoms with Crippen LogP contribution in [-0.4, -0.2) is 28.0 Å². The second-order valence-corrected chi connectivity index (χ2v) is 6.75. The molecule has 4 nitrogen and oxygen atoms in total. The first-order valence-electron chi connectivity index (χ1n) is 8.12. The summed E-state index contributed by atoms with van der Waals surface area (Å²) in [7, 11) is 0. The molecule has 0 spiro atoms. The van der Waals surface area contributed by atoms with E-state index in [2.05, 4.69) is 16.9 Å². The van der Waals surface area contributed by atoms with Crippen molar-refractivity contribution in [2.45, 2.75) is 57.4 Å². The lowest BCUT2D eigenvalue weighted by molar-refractivity contribution is 0.107. The minimum Gasteiger partial charge on any atom is -0.396 e. The number of nitrogens with zero attached hydrogens (tertiary/aromatic N) is 2. The summed E-state index contributed by atoms with van der Waals surface area (Å²) in [5.41, 5.74) is 6.93. The van der Waals surface area contributed by atoms with Gasteiger partial charge in [-0.15, -0.1) is 0 Å². The lowest BCUT2D eigenvalue weighted by Gasteiger charge is -2.30. The van der Waals surface area contributed by atoms with E-state index in [9.17, 15) is 5.11 Å². The summed E-state index contributed by atoms with van der Waals surface area (Å²) < 4.78 is 2.15. The molecule has 2 fully saturated rings. The van der Waals surface area contributed by atoms with Crippen LogP contribution in [0.15, 0.2) is 12.3 Å². The van der Waals surface area contributed by atoms with E-state index in [1.165, 1.54) is 44.9 Å². The third-order valence-corrected chi connectivity index (χ3v) is 5.31. The fourth-order valence-electron chi connectivity index (χ4n) is 3.71. The summed E-state index contributed by atoms with van der Waals surface area (Å²) >= 11 is 0. The zero-order valence-electron chi connectivity index (χ0n) is 12.3. The number of aliphatic hydroxyl groups is 1. The summed E-state index contributed by atoms with van der Waals surface area (Å²) in [4.78, 5) is 0. The standard InChI is InChI=1S/C16H27N3O/c17-11-16(12-20,13-6-7-13)10-14-8-9-19(18-14)15-4-2-1-3-5-15/h8-9,13,15,20H,1-7,10-12,17H2. The molecule has 0 radical (unpaired) electrons. The van der Waals surface area contributed by atoms with Crippen LogP contribution in [0.25, 0.3) is 0 Å². The van der Waals surface area contributed by atoms with Gasteiger partial charge in [0, 0.05) is 24.6 Å². The Morgan fingerprint density at radius 1 is 1.25 bits per heavy atom. The van der Waals surface area contributed by atoms with Gasteiger partial charge in [-0.25, -0.2) is 0 Å². The Hall–Kier alpha value is -0.870. The van der Waals surface area contributed by atoms with Crippen LogP contribution in [-0.2, 0) is 6.42 Å². The molecule has 2 saturated carbocycles. The van der Waals surface area contributed by atoms with Crippen LogP contribution in [0.1, 0.15) is 56.7 Å². The summed E-state index contributed by atoms with van der Waals surface area (Å²) in [6, 6.07) is 2.71. The van der Waals surface area contributed by atoms with Crippen molar-refractivity contribution in [2.24, 2.45) is 17.1 Å². The van der Waals surface area contributed by atoms with Gasteiger partial charge in [0.1, 0.15) is 0 Å². The van der Waals surface area contributed by atoms with E-state index < -0.39 is 0 Å². The van der Waals surface area contributed by atoms with Crippen molar-refractivity contribution in [1.29, 1.82) is 0 Å². The lowest BCUT2D eigenvalue weighted by Crippen LogP contribution is -2.38. The molecule has 1 aromatic rings. The Morgan fingerprint density at radius 3 is 2.60 bits per heavy atom. The predicted molar refractivity (Wildman–Crippen MR) is 79.4 cm³/mol. The fourth-order valence-corrected chi connectivity index (χ4v) is 3.71. The topological polar surface area (TPSA) is 64.1 Å². The highest BCUT2D eigenvalue weighted by Gasteiger charge is 2.44. The molecule has 2 aliphatic carbocycles. The Labute approximate surface area is 121 Å². The molecular formula is C16H27N3O. The zero-order chi connectivity index (χ0) is 14.0. The molecule has 0 amide bonds. The van der Waals surface area contributed by atoms with Crippen molar-refractivity contribution in [1.82, 2.24) is 9.78 Å². The average molecular weight is 277 g/mol. The highest BCUT2D eigenvalue weighted by molar-refractivity contribution is 5.08. The quantitative estimate of drug-likeness (QED) is 0.838. The molecule has 0 bridgehead atoms. The largest absolute Gasteiger partial charge is 0.396 e. The van der Waals surface area contributed by atoms with Crippen molar-refractivity contribution >= 4 is 0 Å². The van der Waals surface area contributed by atoms with Crippen LogP contribution < -0.4 is 5.73 Å². The van der Waals surface area contributed by atoms with Gasteiger partial charge in [0.15, 0.2) is 0 Å². The van der Waals surface area contributed by atoms with Crippen molar-refractivity contribution in [3.05, 3.63) is 18.0 Å². The SMILES string of the molecule is NCC(CO)(Cc1ccn(C2CCCCC2)n1)C1CC1. The number of nitrogens with two attached hydrogens (primary N) is 1. The van der Waals surface area contributed by atoms with Crippen molar-refractivity contribution in [3.63, 3.8) is 0 Å². The van der Waals surface area contributed by atoms with Crippen LogP contribution in [0.3, 0.4) is 0 Å². The summed E-state index contributed by atoms with van der Waals surface area (Å²) in [5.74, 6) is 0.595. The fraction of sp³-hybridized carbons (Fsp3) is 0.812. The van der Waals surface area contributed by atoms with Crippen molar-refractivity contribution in [3.8, 4) is 0 Å². The van der Waals surface area contributed by atoms with Gasteiger partial charge >= 0.3 is 0 Å². The number of rotatable bonds is 6. The van der Waals surface area contributed by atoms with Crippen LogP contribution >= 0.6 is 0 Å². The van der Waals surface area contributed by atoms with Gasteiger partial charge in [0.2, 0.25) is 0 Å². The summed E-state index contributed by atoms with van der Waals surface area (Å²) in [6.45, 7) is 0.745. The maximum Gasteiger partial charge on any atom is 0.0631 e. The molecule has 0 aromatic carbocycles. The first-order valence-corrected chi connectivity index (χ1v) is 8.12. The van der Waals surface area contributed by atoms with E-state index in [1.807, 2.05) is 0 Å². The van der Waals surface area contributed by atoms with E-state index in [-0.39, 0.29) is 12.0 Å². The maximum atomic E-state index is 9.79. The van der Waals surface area contributed by atoms with E-state index in [1.54, 1.807) is 0 Å². The summed E-state index contributed by atoms with van der Waals surface area (Å²) in [5, 5.41) is 14.6. The van der Waals surface area contributed by atoms with Gasteiger partial charge < -0.3 is 10.8 Å². The highest BCUT2D eigenvalue weighted by Crippen LogP contribution is 2.46. The number of hydrogen-bond donors (Lipinski definition) is 2. The molecule has 3 N–H and O–H groups in total. The molecule has 112 valence electrons. The van der Waals surface area contributed by atoms with E-state index >= 15 is 0 Å².